The smallest absolute Gasteiger partial charge is 0.368 e. The third-order valence-corrected chi connectivity index (χ3v) is 7.23. The minimum absolute atomic E-state index is 0.00424. The van der Waals surface area contributed by atoms with E-state index in [0.29, 0.717) is 30.6 Å². The summed E-state index contributed by atoms with van der Waals surface area (Å²) in [5, 5.41) is 2.25. The Kier molecular flexibility index (Phi) is 6.55. The molecular formula is C27H24F4N7O3+. The van der Waals surface area contributed by atoms with Gasteiger partial charge in [-0.1, -0.05) is 0 Å². The first-order valence-corrected chi connectivity index (χ1v) is 12.8. The molecule has 212 valence electrons. The van der Waals surface area contributed by atoms with E-state index >= 15 is 4.39 Å². The zero-order chi connectivity index (χ0) is 28.9. The highest BCUT2D eigenvalue weighted by Gasteiger charge is 2.48. The van der Waals surface area contributed by atoms with Crippen molar-refractivity contribution in [2.45, 2.75) is 25.1 Å². The molecule has 1 aliphatic carbocycles. The molecular weight excluding hydrogens is 546 g/mol. The number of aromatic nitrogens is 1. The van der Waals surface area contributed by atoms with Gasteiger partial charge in [-0.15, -0.1) is 4.59 Å². The molecule has 2 fully saturated rings. The first kappa shape index (κ1) is 26.9. The Balaban J connectivity index is 1.26. The number of nitrogens with two attached hydrogens (primary N) is 1. The number of halogens is 4. The number of quaternary nitrogens is 1. The Morgan fingerprint density at radius 2 is 1.98 bits per heavy atom. The third-order valence-electron chi connectivity index (χ3n) is 7.23. The van der Waals surface area contributed by atoms with Crippen LogP contribution in [0.3, 0.4) is 0 Å². The molecule has 3 N–H and O–H groups in total. The van der Waals surface area contributed by atoms with Crippen LogP contribution in [0, 0.1) is 11.7 Å². The Labute approximate surface area is 231 Å². The zero-order valence-electron chi connectivity index (χ0n) is 21.4. The minimum atomic E-state index is -4.62. The van der Waals surface area contributed by atoms with Gasteiger partial charge in [0.2, 0.25) is 11.6 Å². The number of hydrogen-bond donors (Lipinski definition) is 2. The quantitative estimate of drug-likeness (QED) is 0.325. The Hall–Kier alpha value is -4.27. The van der Waals surface area contributed by atoms with Gasteiger partial charge in [-0.2, -0.15) is 24.0 Å². The highest BCUT2D eigenvalue weighted by Crippen LogP contribution is 2.36. The molecule has 2 atom stereocenters. The second-order valence-corrected chi connectivity index (χ2v) is 10.1. The topological polar surface area (TPSA) is 122 Å². The number of amides is 2. The second kappa shape index (κ2) is 9.98. The fourth-order valence-electron chi connectivity index (χ4n) is 4.93. The highest BCUT2D eigenvalue weighted by molar-refractivity contribution is 6.05. The number of amidine groups is 1. The van der Waals surface area contributed by atoms with Crippen LogP contribution in [-0.2, 0) is 15.7 Å². The van der Waals surface area contributed by atoms with E-state index < -0.39 is 34.2 Å². The van der Waals surface area contributed by atoms with Crippen molar-refractivity contribution in [2.24, 2.45) is 21.7 Å². The number of ether oxygens (including phenoxy) is 1. The van der Waals surface area contributed by atoms with Crippen LogP contribution in [0.2, 0.25) is 0 Å². The average Bonchev–Trinajstić information content (AvgIpc) is 3.75. The van der Waals surface area contributed by atoms with Crippen LogP contribution in [-0.4, -0.2) is 64.1 Å². The van der Waals surface area contributed by atoms with Crippen LogP contribution in [0.1, 0.15) is 34.3 Å². The molecule has 10 nitrogen and oxygen atoms in total. The maximum absolute atomic E-state index is 15.5. The molecule has 14 heteroatoms. The number of allylic oxidation sites excluding steroid dienone is 1. The van der Waals surface area contributed by atoms with Gasteiger partial charge in [-0.3, -0.25) is 14.6 Å². The normalized spacial score (nSPS) is 23.9. The molecule has 6 rings (SSSR count). The lowest BCUT2D eigenvalue weighted by Gasteiger charge is -2.33. The summed E-state index contributed by atoms with van der Waals surface area (Å²) in [6, 6.07) is 5.03. The molecule has 0 radical (unpaired) electrons. The number of carbonyl (C=O) groups is 2. The van der Waals surface area contributed by atoms with Crippen molar-refractivity contribution in [3.8, 4) is 0 Å². The molecule has 0 bridgehead atoms. The molecule has 1 unspecified atom stereocenters. The summed E-state index contributed by atoms with van der Waals surface area (Å²) >= 11 is 0. The van der Waals surface area contributed by atoms with Gasteiger partial charge in [0.05, 0.1) is 36.7 Å². The van der Waals surface area contributed by atoms with Gasteiger partial charge in [0.1, 0.15) is 29.6 Å². The number of nitrogens with zero attached hydrogens (tertiary/aromatic N) is 5. The predicted octanol–water partition coefficient (Wildman–Crippen LogP) is 3.35. The number of fused-ring (bicyclic) bond motifs is 1. The summed E-state index contributed by atoms with van der Waals surface area (Å²) in [4.78, 5) is 39.7. The number of pyridine rings is 1. The molecule has 2 aromatic rings. The number of hydrogen-bond acceptors (Lipinski definition) is 7. The van der Waals surface area contributed by atoms with Gasteiger partial charge >= 0.3 is 6.18 Å². The van der Waals surface area contributed by atoms with Crippen molar-refractivity contribution in [3.05, 3.63) is 82.8 Å². The van der Waals surface area contributed by atoms with Gasteiger partial charge in [-0.25, -0.2) is 9.37 Å². The van der Waals surface area contributed by atoms with Crippen molar-refractivity contribution >= 4 is 29.7 Å². The van der Waals surface area contributed by atoms with Gasteiger partial charge < -0.3 is 15.0 Å². The molecule has 4 aliphatic rings. The molecule has 2 amide bonds. The van der Waals surface area contributed by atoms with Gasteiger partial charge in [-0.05, 0) is 43.2 Å². The lowest BCUT2D eigenvalue weighted by molar-refractivity contribution is -0.750. The third kappa shape index (κ3) is 5.05. The van der Waals surface area contributed by atoms with Gasteiger partial charge in [0.15, 0.2) is 0 Å². The van der Waals surface area contributed by atoms with Gasteiger partial charge in [0, 0.05) is 24.2 Å². The average molecular weight is 571 g/mol. The predicted molar refractivity (Wildman–Crippen MR) is 138 cm³/mol. The minimum Gasteiger partial charge on any atom is -0.368 e. The van der Waals surface area contributed by atoms with Crippen LogP contribution >= 0.6 is 0 Å². The summed E-state index contributed by atoms with van der Waals surface area (Å²) in [5.41, 5.74) is -0.275. The lowest BCUT2D eigenvalue weighted by atomic mass is 10.1. The van der Waals surface area contributed by atoms with E-state index in [0.717, 1.165) is 31.2 Å². The molecule has 1 saturated heterocycles. The van der Waals surface area contributed by atoms with Gasteiger partial charge in [0.25, 0.3) is 11.7 Å². The summed E-state index contributed by atoms with van der Waals surface area (Å²) in [5.74, 6) is 4.91. The van der Waals surface area contributed by atoms with E-state index in [1.54, 1.807) is 4.90 Å². The Morgan fingerprint density at radius 3 is 2.71 bits per heavy atom. The SMILES string of the molecule is N[N+]12C=CN=CC1=C([C@H]1CN(C(=O)C3CC3)CCO1)N=C2c1ccc(C(=O)Nc2cc(C(F)(F)F)ccn2)cc1F. The fourth-order valence-corrected chi connectivity index (χ4v) is 4.93. The van der Waals surface area contributed by atoms with E-state index in [1.807, 2.05) is 0 Å². The highest BCUT2D eigenvalue weighted by atomic mass is 19.4. The summed E-state index contributed by atoms with van der Waals surface area (Å²) < 4.78 is 60.0. The van der Waals surface area contributed by atoms with Crippen molar-refractivity contribution in [2.75, 3.05) is 25.0 Å². The summed E-state index contributed by atoms with van der Waals surface area (Å²) in [7, 11) is 0. The largest absolute Gasteiger partial charge is 0.416 e. The zero-order valence-corrected chi connectivity index (χ0v) is 21.4. The molecule has 4 heterocycles. The number of benzene rings is 1. The van der Waals surface area contributed by atoms with E-state index in [4.69, 9.17) is 10.6 Å². The number of nitrogens with one attached hydrogen (secondary N) is 1. The standard InChI is InChI=1S/C27H23F4N7O3/c28-19-11-16(25(39)35-22-12-17(5-6-34-22)27(29,30)31)3-4-18(19)24-36-23(20-13-33-7-9-38(20,24)32)21-14-37(8-10-41-21)26(40)15-1-2-15/h3-7,9,11-13,15,21H,1-2,8,10,14,32H2/p+1/t21-,38?/m1/s1. The number of carbonyl (C=O) groups excluding carboxylic acids is 2. The van der Waals surface area contributed by atoms with E-state index in [1.165, 1.54) is 30.7 Å². The molecule has 0 spiro atoms. The van der Waals surface area contributed by atoms with Crippen LogP contribution in [0.15, 0.2) is 70.3 Å². The van der Waals surface area contributed by atoms with Crippen LogP contribution in [0.4, 0.5) is 23.4 Å². The first-order valence-electron chi connectivity index (χ1n) is 12.8. The van der Waals surface area contributed by atoms with E-state index in [2.05, 4.69) is 20.3 Å². The van der Waals surface area contributed by atoms with Crippen LogP contribution < -0.4 is 11.2 Å². The van der Waals surface area contributed by atoms with Crippen molar-refractivity contribution in [1.82, 2.24) is 9.88 Å². The van der Waals surface area contributed by atoms with Crippen molar-refractivity contribution in [1.29, 1.82) is 0 Å². The van der Waals surface area contributed by atoms with E-state index in [9.17, 15) is 22.8 Å². The van der Waals surface area contributed by atoms with Crippen molar-refractivity contribution in [3.63, 3.8) is 0 Å². The number of rotatable bonds is 5. The van der Waals surface area contributed by atoms with E-state index in [-0.39, 0.29) is 41.2 Å². The maximum atomic E-state index is 15.5. The molecule has 1 aromatic carbocycles. The number of morpholine rings is 1. The first-order chi connectivity index (χ1) is 19.5. The molecule has 1 aromatic heterocycles. The molecule has 41 heavy (non-hydrogen) atoms. The summed E-state index contributed by atoms with van der Waals surface area (Å²) in [6.07, 6.45) is 1.93. The number of aliphatic imine (C=N–C) groups is 2. The number of alkyl halides is 3. The second-order valence-electron chi connectivity index (χ2n) is 10.1. The fraction of sp³-hybridized carbons (Fsp3) is 0.296. The lowest BCUT2D eigenvalue weighted by Crippen LogP contribution is -2.53. The molecule has 3 aliphatic heterocycles. The summed E-state index contributed by atoms with van der Waals surface area (Å²) in [6.45, 7) is 1.05. The Morgan fingerprint density at radius 1 is 1.17 bits per heavy atom. The van der Waals surface area contributed by atoms with Crippen molar-refractivity contribution < 1.29 is 36.5 Å². The van der Waals surface area contributed by atoms with Crippen LogP contribution in [0.25, 0.3) is 0 Å². The van der Waals surface area contributed by atoms with Crippen LogP contribution in [0.5, 0.6) is 0 Å². The number of anilines is 1. The Bertz CT molecular complexity index is 1560. The molecule has 1 saturated carbocycles. The maximum Gasteiger partial charge on any atom is 0.416 e. The monoisotopic (exact) mass is 570 g/mol.